The summed E-state index contributed by atoms with van der Waals surface area (Å²) in [5.74, 6) is -1.38. The van der Waals surface area contributed by atoms with Gasteiger partial charge >= 0.3 is 5.97 Å². The van der Waals surface area contributed by atoms with E-state index in [-0.39, 0.29) is 45.5 Å². The van der Waals surface area contributed by atoms with Crippen LogP contribution in [-0.2, 0) is 4.79 Å². The van der Waals surface area contributed by atoms with E-state index in [1.165, 1.54) is 61.5 Å². The summed E-state index contributed by atoms with van der Waals surface area (Å²) in [6, 6.07) is 13.6. The topological polar surface area (TPSA) is 158 Å². The van der Waals surface area contributed by atoms with Crippen LogP contribution in [0.15, 0.2) is 69.9 Å². The molecule has 0 saturated heterocycles. The number of esters is 1. The number of hydrogen-bond donors (Lipinski definition) is 5. The molecule has 0 saturated carbocycles. The Balaban J connectivity index is 0.000000222. The Hall–Kier alpha value is -4.66. The van der Waals surface area contributed by atoms with Crippen LogP contribution in [0.2, 0.25) is 0 Å². The highest BCUT2D eigenvalue weighted by molar-refractivity contribution is 5.83. The molecule has 32 heavy (non-hydrogen) atoms. The highest BCUT2D eigenvalue weighted by Crippen LogP contribution is 2.35. The first-order chi connectivity index (χ1) is 15.2. The lowest BCUT2D eigenvalue weighted by Gasteiger charge is -2.07. The van der Waals surface area contributed by atoms with Crippen molar-refractivity contribution in [2.45, 2.75) is 6.92 Å². The van der Waals surface area contributed by atoms with Crippen LogP contribution in [0.3, 0.4) is 0 Å². The van der Waals surface area contributed by atoms with Crippen molar-refractivity contribution in [1.29, 1.82) is 0 Å². The quantitative estimate of drug-likeness (QED) is 0.179. The maximum absolute atomic E-state index is 12.1. The van der Waals surface area contributed by atoms with Crippen molar-refractivity contribution in [3.63, 3.8) is 0 Å². The van der Waals surface area contributed by atoms with E-state index >= 15 is 0 Å². The molecule has 0 radical (unpaired) electrons. The molecular weight excluding hydrogens is 420 g/mol. The van der Waals surface area contributed by atoms with Crippen LogP contribution in [0.5, 0.6) is 34.5 Å². The van der Waals surface area contributed by atoms with Crippen LogP contribution >= 0.6 is 0 Å². The van der Waals surface area contributed by atoms with Crippen molar-refractivity contribution in [3.8, 4) is 45.8 Å². The number of aromatic hydroxyl groups is 5. The van der Waals surface area contributed by atoms with Crippen molar-refractivity contribution in [2.75, 3.05) is 0 Å². The van der Waals surface area contributed by atoms with Gasteiger partial charge in [0.25, 0.3) is 0 Å². The standard InChI is InChI=1S/C15H10O6.C8H8O3/c16-8-2-3-9-12(6-8)21-15(14(20)13(9)19)7-1-4-10(17)11(18)5-7;1-6(9)11-8-4-2-7(10)3-5-8/h1-6,16-18,20H;2-5,10H,1H3. The van der Waals surface area contributed by atoms with Crippen molar-refractivity contribution in [2.24, 2.45) is 0 Å². The second-order valence-corrected chi connectivity index (χ2v) is 6.58. The van der Waals surface area contributed by atoms with Gasteiger partial charge in [0.05, 0.1) is 5.39 Å². The van der Waals surface area contributed by atoms with Gasteiger partial charge in [0.2, 0.25) is 11.2 Å². The summed E-state index contributed by atoms with van der Waals surface area (Å²) in [7, 11) is 0. The van der Waals surface area contributed by atoms with Gasteiger partial charge in [0.1, 0.15) is 22.8 Å². The number of hydrogen-bond acceptors (Lipinski definition) is 9. The molecule has 9 heteroatoms. The SMILES string of the molecule is CC(=O)Oc1ccc(O)cc1.O=c1c(O)c(-c2ccc(O)c(O)c2)oc2cc(O)ccc12. The molecule has 0 amide bonds. The van der Waals surface area contributed by atoms with Gasteiger partial charge in [-0.2, -0.15) is 0 Å². The van der Waals surface area contributed by atoms with Crippen LogP contribution in [0, 0.1) is 0 Å². The predicted octanol–water partition coefficient (Wildman–Crippen LogP) is 3.60. The lowest BCUT2D eigenvalue weighted by molar-refractivity contribution is -0.131. The molecule has 0 aliphatic heterocycles. The van der Waals surface area contributed by atoms with E-state index in [0.29, 0.717) is 5.75 Å². The highest BCUT2D eigenvalue weighted by Gasteiger charge is 2.16. The maximum Gasteiger partial charge on any atom is 0.308 e. The van der Waals surface area contributed by atoms with Gasteiger partial charge in [-0.1, -0.05) is 0 Å². The highest BCUT2D eigenvalue weighted by atomic mass is 16.5. The molecule has 0 spiro atoms. The monoisotopic (exact) mass is 438 g/mol. The fraction of sp³-hybridized carbons (Fsp3) is 0.0435. The molecule has 0 unspecified atom stereocenters. The summed E-state index contributed by atoms with van der Waals surface area (Å²) < 4.78 is 10.2. The molecular formula is C23H18O9. The van der Waals surface area contributed by atoms with E-state index in [9.17, 15) is 30.0 Å². The Labute approximate surface area is 180 Å². The zero-order valence-corrected chi connectivity index (χ0v) is 16.6. The molecule has 0 bridgehead atoms. The van der Waals surface area contributed by atoms with Crippen molar-refractivity contribution < 1.29 is 39.5 Å². The maximum atomic E-state index is 12.1. The molecule has 5 N–H and O–H groups in total. The number of benzene rings is 3. The zero-order valence-electron chi connectivity index (χ0n) is 16.6. The van der Waals surface area contributed by atoms with Gasteiger partial charge in [-0.15, -0.1) is 0 Å². The Kier molecular flexibility index (Phi) is 6.20. The Morgan fingerprint density at radius 3 is 2.09 bits per heavy atom. The van der Waals surface area contributed by atoms with E-state index in [1.807, 2.05) is 0 Å². The van der Waals surface area contributed by atoms with Gasteiger partial charge in [-0.25, -0.2) is 0 Å². The Morgan fingerprint density at radius 1 is 0.812 bits per heavy atom. The van der Waals surface area contributed by atoms with E-state index in [1.54, 1.807) is 0 Å². The number of carbonyl (C=O) groups is 1. The Bertz CT molecular complexity index is 1340. The largest absolute Gasteiger partial charge is 0.508 e. The number of carbonyl (C=O) groups excluding carboxylic acids is 1. The van der Waals surface area contributed by atoms with Gasteiger partial charge in [-0.05, 0) is 54.6 Å². The number of phenolic OH excluding ortho intramolecular Hbond substituents is 4. The van der Waals surface area contributed by atoms with Crippen LogP contribution in [0.1, 0.15) is 6.92 Å². The number of phenols is 4. The molecule has 1 aromatic heterocycles. The van der Waals surface area contributed by atoms with Gasteiger partial charge in [-0.3, -0.25) is 9.59 Å². The minimum atomic E-state index is -0.654. The summed E-state index contributed by atoms with van der Waals surface area (Å²) in [6.07, 6.45) is 0. The molecule has 4 rings (SSSR count). The molecule has 0 aliphatic carbocycles. The lowest BCUT2D eigenvalue weighted by Crippen LogP contribution is -2.02. The Morgan fingerprint density at radius 2 is 1.47 bits per heavy atom. The van der Waals surface area contributed by atoms with E-state index in [2.05, 4.69) is 0 Å². The third kappa shape index (κ3) is 4.90. The fourth-order valence-corrected chi connectivity index (χ4v) is 2.71. The van der Waals surface area contributed by atoms with Gasteiger partial charge in [0.15, 0.2) is 17.3 Å². The first kappa shape index (κ1) is 22.0. The van der Waals surface area contributed by atoms with Crippen LogP contribution in [-0.4, -0.2) is 31.5 Å². The number of fused-ring (bicyclic) bond motifs is 1. The minimum Gasteiger partial charge on any atom is -0.508 e. The van der Waals surface area contributed by atoms with Gasteiger partial charge < -0.3 is 34.7 Å². The second kappa shape index (κ2) is 9.00. The van der Waals surface area contributed by atoms with E-state index in [4.69, 9.17) is 14.3 Å². The molecule has 0 fully saturated rings. The molecule has 3 aromatic carbocycles. The normalized spacial score (nSPS) is 10.3. The van der Waals surface area contributed by atoms with Crippen LogP contribution < -0.4 is 10.2 Å². The third-order valence-corrected chi connectivity index (χ3v) is 4.19. The fourth-order valence-electron chi connectivity index (χ4n) is 2.71. The number of ether oxygens (including phenoxy) is 1. The van der Waals surface area contributed by atoms with Gasteiger partial charge in [0, 0.05) is 18.6 Å². The average Bonchev–Trinajstić information content (AvgIpc) is 2.74. The van der Waals surface area contributed by atoms with Crippen molar-refractivity contribution in [1.82, 2.24) is 0 Å². The molecule has 164 valence electrons. The molecule has 0 aliphatic rings. The average molecular weight is 438 g/mol. The lowest BCUT2D eigenvalue weighted by atomic mass is 10.1. The van der Waals surface area contributed by atoms with E-state index in [0.717, 1.165) is 6.07 Å². The first-order valence-electron chi connectivity index (χ1n) is 9.14. The summed E-state index contributed by atoms with van der Waals surface area (Å²) in [4.78, 5) is 22.5. The smallest absolute Gasteiger partial charge is 0.308 e. The minimum absolute atomic E-state index is 0.0872. The third-order valence-electron chi connectivity index (χ3n) is 4.19. The van der Waals surface area contributed by atoms with Crippen molar-refractivity contribution in [3.05, 3.63) is 70.9 Å². The summed E-state index contributed by atoms with van der Waals surface area (Å²) in [5, 5.41) is 47.1. The second-order valence-electron chi connectivity index (χ2n) is 6.58. The summed E-state index contributed by atoms with van der Waals surface area (Å²) in [5.41, 5.74) is -0.343. The van der Waals surface area contributed by atoms with Crippen LogP contribution in [0.25, 0.3) is 22.3 Å². The van der Waals surface area contributed by atoms with Crippen molar-refractivity contribution >= 4 is 16.9 Å². The van der Waals surface area contributed by atoms with Crippen LogP contribution in [0.4, 0.5) is 0 Å². The molecule has 4 aromatic rings. The molecule has 1 heterocycles. The molecule has 9 nitrogen and oxygen atoms in total. The van der Waals surface area contributed by atoms with E-state index < -0.39 is 16.9 Å². The zero-order chi connectivity index (χ0) is 23.4. The number of rotatable bonds is 2. The summed E-state index contributed by atoms with van der Waals surface area (Å²) >= 11 is 0. The molecule has 0 atom stereocenters. The first-order valence-corrected chi connectivity index (χ1v) is 9.14. The predicted molar refractivity (Wildman–Crippen MR) is 114 cm³/mol. The summed E-state index contributed by atoms with van der Waals surface area (Å²) in [6.45, 7) is 1.33.